The summed E-state index contributed by atoms with van der Waals surface area (Å²) < 4.78 is 0. The summed E-state index contributed by atoms with van der Waals surface area (Å²) in [6.07, 6.45) is 0. The molecule has 0 aromatic rings. The van der Waals surface area contributed by atoms with Gasteiger partial charge in [-0.1, -0.05) is 6.92 Å². The molecule has 1 atom stereocenters. The van der Waals surface area contributed by atoms with Crippen LogP contribution >= 0.6 is 11.8 Å². The lowest BCUT2D eigenvalue weighted by atomic mass is 10.2. The largest absolute Gasteiger partial charge is 0.355 e. The first kappa shape index (κ1) is 15.2. The zero-order chi connectivity index (χ0) is 12.4. The van der Waals surface area contributed by atoms with Crippen LogP contribution in [0, 0.1) is 5.92 Å². The monoisotopic (exact) mass is 247 g/mol. The van der Waals surface area contributed by atoms with Crippen molar-refractivity contribution in [1.29, 1.82) is 0 Å². The van der Waals surface area contributed by atoms with E-state index in [9.17, 15) is 9.59 Å². The molecule has 2 amide bonds. The van der Waals surface area contributed by atoms with Gasteiger partial charge in [0, 0.05) is 20.0 Å². The van der Waals surface area contributed by atoms with E-state index in [0.717, 1.165) is 5.75 Å². The Balaban J connectivity index is 3.34. The van der Waals surface area contributed by atoms with E-state index < -0.39 is 0 Å². The fourth-order valence-corrected chi connectivity index (χ4v) is 1.86. The second-order valence-electron chi connectivity index (χ2n) is 3.69. The summed E-state index contributed by atoms with van der Waals surface area (Å²) in [6, 6.07) is 0. The Morgan fingerprint density at radius 2 is 1.94 bits per heavy atom. The first-order chi connectivity index (χ1) is 7.56. The minimum absolute atomic E-state index is 0.000395. The first-order valence-corrected chi connectivity index (χ1v) is 6.50. The van der Waals surface area contributed by atoms with Crippen molar-refractivity contribution in [1.82, 2.24) is 10.6 Å². The molecule has 0 aliphatic carbocycles. The van der Waals surface area contributed by atoms with Crippen LogP contribution in [0.25, 0.3) is 0 Å². The van der Waals surface area contributed by atoms with Gasteiger partial charge in [0.25, 0.3) is 0 Å². The fourth-order valence-electron chi connectivity index (χ4n) is 0.912. The van der Waals surface area contributed by atoms with Crippen LogP contribution in [-0.2, 0) is 9.59 Å². The number of hydrogen-bond donors (Lipinski definition) is 3. The summed E-state index contributed by atoms with van der Waals surface area (Å²) in [6.45, 7) is 5.11. The molecular weight excluding hydrogens is 226 g/mol. The van der Waals surface area contributed by atoms with Gasteiger partial charge in [0.15, 0.2) is 0 Å². The molecule has 0 aromatic heterocycles. The van der Waals surface area contributed by atoms with Crippen molar-refractivity contribution < 1.29 is 9.59 Å². The van der Waals surface area contributed by atoms with E-state index in [4.69, 9.17) is 5.73 Å². The SMILES string of the molecule is CC(=O)NCCNC(=O)CSCC(C)CN. The van der Waals surface area contributed by atoms with Crippen molar-refractivity contribution in [2.75, 3.05) is 31.1 Å². The zero-order valence-corrected chi connectivity index (χ0v) is 10.7. The maximum Gasteiger partial charge on any atom is 0.230 e. The summed E-state index contributed by atoms with van der Waals surface area (Å²) in [5, 5.41) is 5.33. The van der Waals surface area contributed by atoms with E-state index in [-0.39, 0.29) is 11.8 Å². The maximum absolute atomic E-state index is 11.3. The van der Waals surface area contributed by atoms with Gasteiger partial charge in [0.05, 0.1) is 5.75 Å². The van der Waals surface area contributed by atoms with Crippen molar-refractivity contribution in [3.8, 4) is 0 Å². The van der Waals surface area contributed by atoms with Crippen molar-refractivity contribution >= 4 is 23.6 Å². The van der Waals surface area contributed by atoms with Crippen molar-refractivity contribution in [3.05, 3.63) is 0 Å². The number of nitrogens with two attached hydrogens (primary N) is 1. The van der Waals surface area contributed by atoms with E-state index in [1.54, 1.807) is 11.8 Å². The van der Waals surface area contributed by atoms with Crippen LogP contribution in [0.5, 0.6) is 0 Å². The number of amides is 2. The van der Waals surface area contributed by atoms with Crippen molar-refractivity contribution in [2.24, 2.45) is 11.7 Å². The van der Waals surface area contributed by atoms with Gasteiger partial charge < -0.3 is 16.4 Å². The number of hydrogen-bond acceptors (Lipinski definition) is 4. The molecule has 16 heavy (non-hydrogen) atoms. The Morgan fingerprint density at radius 3 is 2.50 bits per heavy atom. The van der Waals surface area contributed by atoms with Crippen LogP contribution in [0.2, 0.25) is 0 Å². The highest BCUT2D eigenvalue weighted by molar-refractivity contribution is 7.99. The first-order valence-electron chi connectivity index (χ1n) is 5.35. The Morgan fingerprint density at radius 1 is 1.31 bits per heavy atom. The third-order valence-electron chi connectivity index (χ3n) is 1.86. The highest BCUT2D eigenvalue weighted by Gasteiger charge is 2.03. The lowest BCUT2D eigenvalue weighted by Gasteiger charge is -2.08. The second-order valence-corrected chi connectivity index (χ2v) is 4.72. The molecule has 1 unspecified atom stereocenters. The van der Waals surface area contributed by atoms with Gasteiger partial charge in [-0.3, -0.25) is 9.59 Å². The zero-order valence-electron chi connectivity index (χ0n) is 9.91. The van der Waals surface area contributed by atoms with Gasteiger partial charge in [-0.2, -0.15) is 11.8 Å². The Bertz CT molecular complexity index is 224. The maximum atomic E-state index is 11.3. The van der Waals surface area contributed by atoms with E-state index >= 15 is 0 Å². The smallest absolute Gasteiger partial charge is 0.230 e. The van der Waals surface area contributed by atoms with Crippen LogP contribution in [0.1, 0.15) is 13.8 Å². The molecule has 0 saturated heterocycles. The molecule has 5 nitrogen and oxygen atoms in total. The lowest BCUT2D eigenvalue weighted by molar-refractivity contribution is -0.120. The Kier molecular flexibility index (Phi) is 9.03. The molecule has 0 aromatic carbocycles. The Hall–Kier alpha value is -0.750. The summed E-state index contributed by atoms with van der Waals surface area (Å²) in [5.41, 5.74) is 5.46. The number of carbonyl (C=O) groups excluding carboxylic acids is 2. The van der Waals surface area contributed by atoms with Crippen molar-refractivity contribution in [3.63, 3.8) is 0 Å². The van der Waals surface area contributed by atoms with Crippen LogP contribution in [0.3, 0.4) is 0 Å². The molecule has 0 saturated carbocycles. The average Bonchev–Trinajstić information content (AvgIpc) is 2.24. The predicted octanol–water partition coefficient (Wildman–Crippen LogP) is -0.433. The molecule has 6 heteroatoms. The topological polar surface area (TPSA) is 84.2 Å². The summed E-state index contributed by atoms with van der Waals surface area (Å²) in [4.78, 5) is 21.8. The number of thioether (sulfide) groups is 1. The van der Waals surface area contributed by atoms with Crippen LogP contribution in [0.4, 0.5) is 0 Å². The van der Waals surface area contributed by atoms with Gasteiger partial charge in [0.1, 0.15) is 0 Å². The molecule has 4 N–H and O–H groups in total. The number of carbonyl (C=O) groups is 2. The summed E-state index contributed by atoms with van der Waals surface area (Å²) >= 11 is 1.58. The normalized spacial score (nSPS) is 11.9. The second kappa shape index (κ2) is 9.47. The molecule has 0 aliphatic rings. The van der Waals surface area contributed by atoms with E-state index in [2.05, 4.69) is 17.6 Å². The highest BCUT2D eigenvalue weighted by Crippen LogP contribution is 2.06. The molecule has 94 valence electrons. The molecule has 0 spiro atoms. The summed E-state index contributed by atoms with van der Waals surface area (Å²) in [7, 11) is 0. The van der Waals surface area contributed by atoms with Crippen molar-refractivity contribution in [2.45, 2.75) is 13.8 Å². The minimum Gasteiger partial charge on any atom is -0.355 e. The number of nitrogens with one attached hydrogen (secondary N) is 2. The van der Waals surface area contributed by atoms with Crippen LogP contribution < -0.4 is 16.4 Å². The molecule has 0 bridgehead atoms. The van der Waals surface area contributed by atoms with Gasteiger partial charge in [-0.15, -0.1) is 0 Å². The standard InChI is InChI=1S/C10H21N3O2S/c1-8(5-11)6-16-7-10(15)13-4-3-12-9(2)14/h8H,3-7,11H2,1-2H3,(H,12,14)(H,13,15). The predicted molar refractivity (Wildman–Crippen MR) is 67.2 cm³/mol. The molecule has 0 rings (SSSR count). The van der Waals surface area contributed by atoms with Gasteiger partial charge in [-0.05, 0) is 18.2 Å². The Labute approximate surface area is 101 Å². The minimum atomic E-state index is -0.0830. The van der Waals surface area contributed by atoms with E-state index in [0.29, 0.717) is 31.3 Å². The van der Waals surface area contributed by atoms with Crippen LogP contribution in [0.15, 0.2) is 0 Å². The lowest BCUT2D eigenvalue weighted by Crippen LogP contribution is -2.34. The molecular formula is C10H21N3O2S. The van der Waals surface area contributed by atoms with Gasteiger partial charge in [-0.25, -0.2) is 0 Å². The molecule has 0 heterocycles. The molecule has 0 radical (unpaired) electrons. The van der Waals surface area contributed by atoms with Crippen LogP contribution in [-0.4, -0.2) is 43.0 Å². The highest BCUT2D eigenvalue weighted by atomic mass is 32.2. The van der Waals surface area contributed by atoms with E-state index in [1.165, 1.54) is 6.92 Å². The fraction of sp³-hybridized carbons (Fsp3) is 0.800. The molecule has 0 aliphatic heterocycles. The molecule has 0 fully saturated rings. The van der Waals surface area contributed by atoms with Gasteiger partial charge in [0.2, 0.25) is 11.8 Å². The average molecular weight is 247 g/mol. The number of rotatable bonds is 8. The summed E-state index contributed by atoms with van der Waals surface area (Å²) in [5.74, 6) is 1.71. The third kappa shape index (κ3) is 9.79. The van der Waals surface area contributed by atoms with Gasteiger partial charge >= 0.3 is 0 Å². The third-order valence-corrected chi connectivity index (χ3v) is 3.13. The van der Waals surface area contributed by atoms with E-state index in [1.807, 2.05) is 0 Å². The quantitative estimate of drug-likeness (QED) is 0.508.